The van der Waals surface area contributed by atoms with Crippen LogP contribution in [-0.2, 0) is 20.9 Å². The van der Waals surface area contributed by atoms with E-state index in [0.29, 0.717) is 12.5 Å². The molecular formula is C19H26N2O3S. The quantitative estimate of drug-likeness (QED) is 0.824. The van der Waals surface area contributed by atoms with Gasteiger partial charge in [-0.25, -0.2) is 0 Å². The topological polar surface area (TPSA) is 51.7 Å². The fourth-order valence-electron chi connectivity index (χ4n) is 4.05. The number of aromatic nitrogens is 1. The molecular weight excluding hydrogens is 336 g/mol. The zero-order valence-corrected chi connectivity index (χ0v) is 15.4. The van der Waals surface area contributed by atoms with Gasteiger partial charge in [-0.2, -0.15) is 11.8 Å². The molecule has 1 spiro atoms. The molecule has 3 fully saturated rings. The number of carbonyl (C=O) groups is 1. The highest BCUT2D eigenvalue weighted by atomic mass is 32.2. The van der Waals surface area contributed by atoms with Crippen LogP contribution in [0.2, 0.25) is 0 Å². The van der Waals surface area contributed by atoms with Crippen molar-refractivity contribution in [3.05, 3.63) is 30.1 Å². The molecule has 1 aromatic rings. The van der Waals surface area contributed by atoms with E-state index in [4.69, 9.17) is 9.47 Å². The molecule has 1 amide bonds. The molecule has 4 heterocycles. The first-order valence-corrected chi connectivity index (χ1v) is 10.4. The third kappa shape index (κ3) is 4.01. The maximum atomic E-state index is 12.6. The highest BCUT2D eigenvalue weighted by Gasteiger charge is 2.50. The number of pyridine rings is 1. The van der Waals surface area contributed by atoms with Crippen molar-refractivity contribution >= 4 is 17.7 Å². The van der Waals surface area contributed by atoms with E-state index in [1.54, 1.807) is 6.20 Å². The number of carbonyl (C=O) groups excluding carboxylic acids is 1. The third-order valence-corrected chi connectivity index (χ3v) is 6.55. The van der Waals surface area contributed by atoms with Crippen LogP contribution >= 0.6 is 11.8 Å². The van der Waals surface area contributed by atoms with Gasteiger partial charge in [0, 0.05) is 31.3 Å². The van der Waals surface area contributed by atoms with Crippen molar-refractivity contribution in [2.24, 2.45) is 5.92 Å². The number of amides is 1. The Hall–Kier alpha value is -1.11. The number of thioether (sulfide) groups is 1. The molecule has 5 nitrogen and oxygen atoms in total. The fraction of sp³-hybridized carbons (Fsp3) is 0.684. The molecule has 1 atom stereocenters. The van der Waals surface area contributed by atoms with Gasteiger partial charge in [-0.05, 0) is 42.4 Å². The summed E-state index contributed by atoms with van der Waals surface area (Å²) in [6.45, 7) is 2.79. The van der Waals surface area contributed by atoms with Gasteiger partial charge in [0.15, 0.2) is 0 Å². The van der Waals surface area contributed by atoms with Crippen LogP contribution < -0.4 is 0 Å². The molecule has 0 aromatic carbocycles. The molecule has 25 heavy (non-hydrogen) atoms. The van der Waals surface area contributed by atoms with Crippen molar-refractivity contribution in [3.63, 3.8) is 0 Å². The predicted octanol–water partition coefficient (Wildman–Crippen LogP) is 2.50. The lowest BCUT2D eigenvalue weighted by Crippen LogP contribution is -2.68. The second-order valence-electron chi connectivity index (χ2n) is 7.40. The lowest BCUT2D eigenvalue weighted by atomic mass is 9.83. The van der Waals surface area contributed by atoms with Gasteiger partial charge in [0.05, 0.1) is 25.8 Å². The molecule has 0 unspecified atom stereocenters. The summed E-state index contributed by atoms with van der Waals surface area (Å²) in [6, 6.07) is 3.97. The van der Waals surface area contributed by atoms with Gasteiger partial charge in [-0.15, -0.1) is 0 Å². The maximum absolute atomic E-state index is 12.6. The second kappa shape index (κ2) is 7.64. The summed E-state index contributed by atoms with van der Waals surface area (Å²) in [4.78, 5) is 18.8. The van der Waals surface area contributed by atoms with E-state index in [1.807, 2.05) is 35.0 Å². The Labute approximate surface area is 153 Å². The summed E-state index contributed by atoms with van der Waals surface area (Å²) in [5.41, 5.74) is 0.931. The fourth-order valence-corrected chi connectivity index (χ4v) is 5.16. The van der Waals surface area contributed by atoms with E-state index in [1.165, 1.54) is 0 Å². The molecule has 0 radical (unpaired) electrons. The van der Waals surface area contributed by atoms with E-state index < -0.39 is 0 Å². The van der Waals surface area contributed by atoms with E-state index in [9.17, 15) is 4.79 Å². The minimum absolute atomic E-state index is 0.170. The molecule has 1 aromatic heterocycles. The zero-order valence-electron chi connectivity index (χ0n) is 14.6. The van der Waals surface area contributed by atoms with Crippen molar-refractivity contribution in [3.8, 4) is 0 Å². The number of nitrogens with zero attached hydrogens (tertiary/aromatic N) is 2. The van der Waals surface area contributed by atoms with Gasteiger partial charge in [-0.3, -0.25) is 9.78 Å². The third-order valence-electron chi connectivity index (χ3n) is 5.50. The van der Waals surface area contributed by atoms with Crippen molar-refractivity contribution in [1.29, 1.82) is 0 Å². The molecule has 136 valence electrons. The number of likely N-dealkylation sites (tertiary alicyclic amines) is 1. The van der Waals surface area contributed by atoms with Crippen LogP contribution in [0.15, 0.2) is 24.5 Å². The summed E-state index contributed by atoms with van der Waals surface area (Å²) in [6.07, 6.45) is 7.71. The summed E-state index contributed by atoms with van der Waals surface area (Å²) in [7, 11) is 0. The van der Waals surface area contributed by atoms with Gasteiger partial charge < -0.3 is 14.4 Å². The van der Waals surface area contributed by atoms with Gasteiger partial charge in [-0.1, -0.05) is 6.07 Å². The monoisotopic (exact) mass is 362 g/mol. The molecule has 0 bridgehead atoms. The SMILES string of the molecule is O=C(C1CCSCC1)N1CC2(C[C@@H](OCc3cccnc3)CCO2)C1. The molecule has 0 N–H and O–H groups in total. The lowest BCUT2D eigenvalue weighted by Gasteiger charge is -2.53. The van der Waals surface area contributed by atoms with Crippen LogP contribution in [0.5, 0.6) is 0 Å². The Kier molecular flexibility index (Phi) is 5.29. The van der Waals surface area contributed by atoms with Crippen LogP contribution in [-0.4, -0.2) is 58.7 Å². The number of rotatable bonds is 4. The van der Waals surface area contributed by atoms with Crippen molar-refractivity contribution in [2.45, 2.75) is 44.0 Å². The van der Waals surface area contributed by atoms with Crippen LogP contribution in [0.4, 0.5) is 0 Å². The Balaban J connectivity index is 1.26. The first kappa shape index (κ1) is 17.3. The minimum atomic E-state index is -0.170. The van der Waals surface area contributed by atoms with Crippen LogP contribution in [0, 0.1) is 5.92 Å². The smallest absolute Gasteiger partial charge is 0.225 e. The minimum Gasteiger partial charge on any atom is -0.373 e. The molecule has 4 rings (SSSR count). The average Bonchev–Trinajstić information content (AvgIpc) is 2.65. The first-order chi connectivity index (χ1) is 12.2. The number of hydrogen-bond acceptors (Lipinski definition) is 5. The Morgan fingerprint density at radius 1 is 1.36 bits per heavy atom. The van der Waals surface area contributed by atoms with Gasteiger partial charge in [0.2, 0.25) is 5.91 Å². The molecule has 3 aliphatic heterocycles. The highest BCUT2D eigenvalue weighted by Crippen LogP contribution is 2.37. The number of hydrogen-bond donors (Lipinski definition) is 0. The summed E-state index contributed by atoms with van der Waals surface area (Å²) < 4.78 is 12.1. The van der Waals surface area contributed by atoms with Gasteiger partial charge in [0.1, 0.15) is 5.60 Å². The summed E-state index contributed by atoms with van der Waals surface area (Å²) in [5.74, 6) is 2.82. The first-order valence-electron chi connectivity index (χ1n) is 9.25. The van der Waals surface area contributed by atoms with E-state index in [0.717, 1.165) is 62.4 Å². The van der Waals surface area contributed by atoms with Crippen LogP contribution in [0.25, 0.3) is 0 Å². The maximum Gasteiger partial charge on any atom is 0.225 e. The van der Waals surface area contributed by atoms with Gasteiger partial charge in [0.25, 0.3) is 0 Å². The summed E-state index contributed by atoms with van der Waals surface area (Å²) in [5, 5.41) is 0. The van der Waals surface area contributed by atoms with Crippen LogP contribution in [0.1, 0.15) is 31.2 Å². The van der Waals surface area contributed by atoms with Crippen molar-refractivity contribution in [2.75, 3.05) is 31.2 Å². The van der Waals surface area contributed by atoms with E-state index in [-0.39, 0.29) is 17.6 Å². The largest absolute Gasteiger partial charge is 0.373 e. The van der Waals surface area contributed by atoms with E-state index in [2.05, 4.69) is 4.98 Å². The molecule has 3 saturated heterocycles. The predicted molar refractivity (Wildman–Crippen MR) is 97.4 cm³/mol. The molecule has 0 saturated carbocycles. The van der Waals surface area contributed by atoms with Crippen LogP contribution in [0.3, 0.4) is 0 Å². The molecule has 0 aliphatic carbocycles. The normalized spacial score (nSPS) is 26.4. The summed E-state index contributed by atoms with van der Waals surface area (Å²) >= 11 is 1.96. The Morgan fingerprint density at radius 3 is 2.96 bits per heavy atom. The van der Waals surface area contributed by atoms with Crippen molar-refractivity contribution in [1.82, 2.24) is 9.88 Å². The molecule has 6 heteroatoms. The Bertz CT molecular complexity index is 586. The Morgan fingerprint density at radius 2 is 2.20 bits per heavy atom. The highest BCUT2D eigenvalue weighted by molar-refractivity contribution is 7.99. The molecule has 3 aliphatic rings. The number of ether oxygens (including phenoxy) is 2. The average molecular weight is 362 g/mol. The zero-order chi connectivity index (χ0) is 17.1. The second-order valence-corrected chi connectivity index (χ2v) is 8.62. The van der Waals surface area contributed by atoms with Crippen molar-refractivity contribution < 1.29 is 14.3 Å². The lowest BCUT2D eigenvalue weighted by molar-refractivity contribution is -0.204. The van der Waals surface area contributed by atoms with Gasteiger partial charge >= 0.3 is 0 Å². The van der Waals surface area contributed by atoms with E-state index >= 15 is 0 Å². The standard InChI is InChI=1S/C19H26N2O3S/c22-18(16-4-8-25-9-5-16)21-13-19(14-21)10-17(3-7-24-19)23-12-15-2-1-6-20-11-15/h1-2,6,11,16-17H,3-5,7-10,12-14H2/t17-/m0/s1.